The molecule has 0 bridgehead atoms. The van der Waals surface area contributed by atoms with Gasteiger partial charge in [0.05, 0.1) is 18.2 Å². The molecule has 1 aromatic rings. The van der Waals surface area contributed by atoms with E-state index in [9.17, 15) is 4.79 Å². The van der Waals surface area contributed by atoms with Gasteiger partial charge in [-0.2, -0.15) is 5.26 Å². The van der Waals surface area contributed by atoms with Crippen molar-refractivity contribution in [2.45, 2.75) is 12.2 Å². The summed E-state index contributed by atoms with van der Waals surface area (Å²) >= 11 is 1.82. The lowest BCUT2D eigenvalue weighted by Gasteiger charge is -2.35. The molecule has 6 heteroatoms. The summed E-state index contributed by atoms with van der Waals surface area (Å²) in [5.41, 5.74) is 1.36. The molecule has 5 nitrogen and oxygen atoms in total. The highest BCUT2D eigenvalue weighted by molar-refractivity contribution is 8.14. The Morgan fingerprint density at radius 1 is 1.33 bits per heavy atom. The molecule has 2 aliphatic heterocycles. The fourth-order valence-corrected chi connectivity index (χ4v) is 3.75. The Balaban J connectivity index is 1.56. The van der Waals surface area contributed by atoms with E-state index >= 15 is 0 Å². The molecule has 1 amide bonds. The number of nitriles is 1. The summed E-state index contributed by atoms with van der Waals surface area (Å²) in [6.07, 6.45) is 3.29. The van der Waals surface area contributed by atoms with Crippen molar-refractivity contribution in [2.24, 2.45) is 4.99 Å². The normalized spacial score (nSPS) is 21.0. The predicted molar refractivity (Wildman–Crippen MR) is 97.7 cm³/mol. The van der Waals surface area contributed by atoms with E-state index in [2.05, 4.69) is 22.9 Å². The summed E-state index contributed by atoms with van der Waals surface area (Å²) in [4.78, 5) is 21.0. The summed E-state index contributed by atoms with van der Waals surface area (Å²) in [6.45, 7) is 6.14. The zero-order valence-electron chi connectivity index (χ0n) is 13.7. The van der Waals surface area contributed by atoms with Gasteiger partial charge in [0.2, 0.25) is 5.91 Å². The molecule has 1 aromatic carbocycles. The van der Waals surface area contributed by atoms with Crippen molar-refractivity contribution in [3.05, 3.63) is 41.5 Å². The topological polar surface area (TPSA) is 59.7 Å². The van der Waals surface area contributed by atoms with Gasteiger partial charge < -0.3 is 9.80 Å². The minimum absolute atomic E-state index is 0.00299. The van der Waals surface area contributed by atoms with E-state index in [0.29, 0.717) is 23.9 Å². The van der Waals surface area contributed by atoms with Crippen LogP contribution in [-0.4, -0.2) is 58.8 Å². The van der Waals surface area contributed by atoms with E-state index in [4.69, 9.17) is 5.26 Å². The minimum atomic E-state index is -0.00299. The fraction of sp³-hybridized carbons (Fsp3) is 0.389. The zero-order valence-corrected chi connectivity index (χ0v) is 14.5. The second-order valence-corrected chi connectivity index (χ2v) is 7.30. The number of thioether (sulfide) groups is 1. The molecular formula is C18H20N4OS. The smallest absolute Gasteiger partial charge is 0.246 e. The van der Waals surface area contributed by atoms with Crippen molar-refractivity contribution >= 4 is 28.9 Å². The standard InChI is InChI=1S/C18H20N4OS/c1-14-13-20-18(24-14)22-10-8-21(9-11-22)17(23)7-6-15-4-2-3-5-16(15)12-19/h2-7,14H,8-11,13H2,1H3/b7-6+. The first-order valence-electron chi connectivity index (χ1n) is 8.09. The van der Waals surface area contributed by atoms with Crippen molar-refractivity contribution in [2.75, 3.05) is 32.7 Å². The lowest BCUT2D eigenvalue weighted by molar-refractivity contribution is -0.127. The second kappa shape index (κ2) is 7.54. The molecule has 2 heterocycles. The first-order valence-corrected chi connectivity index (χ1v) is 8.97. The molecule has 0 N–H and O–H groups in total. The molecule has 1 atom stereocenters. The van der Waals surface area contributed by atoms with Crippen LogP contribution in [-0.2, 0) is 4.79 Å². The van der Waals surface area contributed by atoms with Crippen LogP contribution in [0, 0.1) is 11.3 Å². The Bertz CT molecular complexity index is 714. The lowest BCUT2D eigenvalue weighted by Crippen LogP contribution is -2.49. The van der Waals surface area contributed by atoms with Gasteiger partial charge in [0.1, 0.15) is 0 Å². The Kier molecular flexibility index (Phi) is 5.21. The number of benzene rings is 1. The molecule has 0 radical (unpaired) electrons. The number of aliphatic imine (C=N–C) groups is 1. The number of hydrogen-bond acceptors (Lipinski definition) is 5. The van der Waals surface area contributed by atoms with Crippen molar-refractivity contribution in [1.29, 1.82) is 5.26 Å². The number of nitrogens with zero attached hydrogens (tertiary/aromatic N) is 4. The molecule has 1 fully saturated rings. The maximum absolute atomic E-state index is 12.4. The quantitative estimate of drug-likeness (QED) is 0.775. The van der Waals surface area contributed by atoms with Gasteiger partial charge in [-0.25, -0.2) is 0 Å². The van der Waals surface area contributed by atoms with Crippen molar-refractivity contribution in [3.63, 3.8) is 0 Å². The van der Waals surface area contributed by atoms with Crippen molar-refractivity contribution in [1.82, 2.24) is 9.80 Å². The van der Waals surface area contributed by atoms with Crippen LogP contribution in [0.25, 0.3) is 6.08 Å². The zero-order chi connectivity index (χ0) is 16.9. The summed E-state index contributed by atoms with van der Waals surface area (Å²) in [7, 11) is 0. The van der Waals surface area contributed by atoms with Gasteiger partial charge in [0.15, 0.2) is 5.17 Å². The molecule has 124 valence electrons. The van der Waals surface area contributed by atoms with Crippen LogP contribution in [0.15, 0.2) is 35.3 Å². The number of hydrogen-bond donors (Lipinski definition) is 0. The van der Waals surface area contributed by atoms with Gasteiger partial charge in [-0.05, 0) is 17.7 Å². The predicted octanol–water partition coefficient (Wildman–Crippen LogP) is 2.21. The highest BCUT2D eigenvalue weighted by Crippen LogP contribution is 2.23. The maximum atomic E-state index is 12.4. The molecule has 1 saturated heterocycles. The number of carbonyl (C=O) groups is 1. The summed E-state index contributed by atoms with van der Waals surface area (Å²) in [6, 6.07) is 9.43. The Morgan fingerprint density at radius 2 is 2.08 bits per heavy atom. The molecule has 2 aliphatic rings. The Hall–Kier alpha value is -2.26. The molecule has 0 aromatic heterocycles. The molecule has 0 aliphatic carbocycles. The highest BCUT2D eigenvalue weighted by atomic mass is 32.2. The number of amides is 1. The molecular weight excluding hydrogens is 320 g/mol. The first-order chi connectivity index (χ1) is 11.7. The summed E-state index contributed by atoms with van der Waals surface area (Å²) < 4.78 is 0. The third-order valence-corrected chi connectivity index (χ3v) is 5.29. The van der Waals surface area contributed by atoms with Crippen LogP contribution in [0.5, 0.6) is 0 Å². The number of amidine groups is 1. The van der Waals surface area contributed by atoms with Crippen molar-refractivity contribution < 1.29 is 4.79 Å². The van der Waals surface area contributed by atoms with Gasteiger partial charge in [-0.1, -0.05) is 36.9 Å². The second-order valence-electron chi connectivity index (χ2n) is 5.90. The number of carbonyl (C=O) groups excluding carboxylic acids is 1. The van der Waals surface area contributed by atoms with E-state index in [0.717, 1.165) is 30.4 Å². The largest absolute Gasteiger partial charge is 0.348 e. The molecule has 24 heavy (non-hydrogen) atoms. The highest BCUT2D eigenvalue weighted by Gasteiger charge is 2.25. The van der Waals surface area contributed by atoms with Gasteiger partial charge in [0, 0.05) is 37.5 Å². The SMILES string of the molecule is CC1CN=C(N2CCN(C(=O)/C=C/c3ccccc3C#N)CC2)S1. The van der Waals surface area contributed by atoms with Crippen LogP contribution >= 0.6 is 11.8 Å². The average molecular weight is 340 g/mol. The van der Waals surface area contributed by atoms with Crippen molar-refractivity contribution in [3.8, 4) is 6.07 Å². The monoisotopic (exact) mass is 340 g/mol. The van der Waals surface area contributed by atoms with E-state index in [1.807, 2.05) is 34.9 Å². The summed E-state index contributed by atoms with van der Waals surface area (Å²) in [5.74, 6) is -0.00299. The molecule has 0 saturated carbocycles. The average Bonchev–Trinajstić information content (AvgIpc) is 3.06. The molecule has 3 rings (SSSR count). The Labute approximate surface area is 146 Å². The van der Waals surface area contributed by atoms with Crippen LogP contribution in [0.4, 0.5) is 0 Å². The molecule has 0 spiro atoms. The fourth-order valence-electron chi connectivity index (χ4n) is 2.76. The Morgan fingerprint density at radius 3 is 2.75 bits per heavy atom. The van der Waals surface area contributed by atoms with Crippen LogP contribution in [0.1, 0.15) is 18.1 Å². The number of piperazine rings is 1. The minimum Gasteiger partial charge on any atom is -0.348 e. The van der Waals surface area contributed by atoms with E-state index in [-0.39, 0.29) is 5.91 Å². The third kappa shape index (κ3) is 3.80. The van der Waals surface area contributed by atoms with Gasteiger partial charge in [-0.3, -0.25) is 9.79 Å². The van der Waals surface area contributed by atoms with Gasteiger partial charge in [0.25, 0.3) is 0 Å². The first kappa shape index (κ1) is 16.6. The maximum Gasteiger partial charge on any atom is 0.246 e. The lowest BCUT2D eigenvalue weighted by atomic mass is 10.1. The van der Waals surface area contributed by atoms with Crippen LogP contribution in [0.3, 0.4) is 0 Å². The van der Waals surface area contributed by atoms with Gasteiger partial charge in [-0.15, -0.1) is 0 Å². The number of rotatable bonds is 2. The van der Waals surface area contributed by atoms with E-state index in [1.165, 1.54) is 0 Å². The van der Waals surface area contributed by atoms with Crippen LogP contribution < -0.4 is 0 Å². The van der Waals surface area contributed by atoms with Gasteiger partial charge >= 0.3 is 0 Å². The third-order valence-electron chi connectivity index (χ3n) is 4.14. The molecule has 1 unspecified atom stereocenters. The summed E-state index contributed by atoms with van der Waals surface area (Å²) in [5, 5.41) is 10.8. The van der Waals surface area contributed by atoms with E-state index in [1.54, 1.807) is 18.2 Å². The van der Waals surface area contributed by atoms with Crippen LogP contribution in [0.2, 0.25) is 0 Å². The van der Waals surface area contributed by atoms with E-state index < -0.39 is 0 Å².